The fraction of sp³-hybridized carbons (Fsp3) is 0.538. The molecule has 0 spiro atoms. The second kappa shape index (κ2) is 4.75. The van der Waals surface area contributed by atoms with E-state index in [-0.39, 0.29) is 11.9 Å². The highest BCUT2D eigenvalue weighted by atomic mass is 19.1. The van der Waals surface area contributed by atoms with E-state index in [0.29, 0.717) is 5.92 Å². The van der Waals surface area contributed by atoms with Crippen molar-refractivity contribution in [2.24, 2.45) is 5.92 Å². The second-order valence-corrected chi connectivity index (χ2v) is 4.29. The average molecular weight is 207 g/mol. The topological polar surface area (TPSA) is 12.0 Å². The van der Waals surface area contributed by atoms with Gasteiger partial charge in [0.25, 0.3) is 0 Å². The van der Waals surface area contributed by atoms with Crippen LogP contribution in [0.2, 0.25) is 0 Å². The SMILES string of the molecule is CCCNC(c1ccccc1F)C1CC1. The van der Waals surface area contributed by atoms with E-state index >= 15 is 0 Å². The van der Waals surface area contributed by atoms with Crippen LogP contribution in [0.1, 0.15) is 37.8 Å². The Hall–Kier alpha value is -0.890. The standard InChI is InChI=1S/C13H18FN/c1-2-9-15-13(10-7-8-10)11-5-3-4-6-12(11)14/h3-6,10,13,15H,2,7-9H2,1H3. The Morgan fingerprint density at radius 1 is 1.40 bits per heavy atom. The van der Waals surface area contributed by atoms with Gasteiger partial charge in [-0.25, -0.2) is 4.39 Å². The highest BCUT2D eigenvalue weighted by Gasteiger charge is 2.32. The molecule has 0 amide bonds. The van der Waals surface area contributed by atoms with Gasteiger partial charge in [0.15, 0.2) is 0 Å². The van der Waals surface area contributed by atoms with Crippen LogP contribution in [0.15, 0.2) is 24.3 Å². The van der Waals surface area contributed by atoms with Crippen molar-refractivity contribution in [3.8, 4) is 0 Å². The summed E-state index contributed by atoms with van der Waals surface area (Å²) in [5, 5.41) is 3.45. The number of rotatable bonds is 5. The molecule has 0 aromatic heterocycles. The molecule has 1 aromatic rings. The summed E-state index contributed by atoms with van der Waals surface area (Å²) >= 11 is 0. The van der Waals surface area contributed by atoms with Crippen molar-refractivity contribution in [3.05, 3.63) is 35.6 Å². The van der Waals surface area contributed by atoms with Gasteiger partial charge in [0, 0.05) is 11.6 Å². The Kier molecular flexibility index (Phi) is 3.37. The predicted molar refractivity (Wildman–Crippen MR) is 60.2 cm³/mol. The third-order valence-electron chi connectivity index (χ3n) is 2.95. The van der Waals surface area contributed by atoms with Gasteiger partial charge in [-0.15, -0.1) is 0 Å². The smallest absolute Gasteiger partial charge is 0.127 e. The van der Waals surface area contributed by atoms with Crippen molar-refractivity contribution < 1.29 is 4.39 Å². The molecule has 0 aliphatic heterocycles. The van der Waals surface area contributed by atoms with Gasteiger partial charge in [-0.2, -0.15) is 0 Å². The molecule has 1 unspecified atom stereocenters. The van der Waals surface area contributed by atoms with Crippen molar-refractivity contribution in [2.75, 3.05) is 6.54 Å². The lowest BCUT2D eigenvalue weighted by Gasteiger charge is -2.18. The first-order valence-electron chi connectivity index (χ1n) is 5.80. The molecule has 1 N–H and O–H groups in total. The molecule has 0 saturated heterocycles. The lowest BCUT2D eigenvalue weighted by molar-refractivity contribution is 0.457. The molecule has 1 aliphatic rings. The molecule has 1 nitrogen and oxygen atoms in total. The number of hydrogen-bond donors (Lipinski definition) is 1. The monoisotopic (exact) mass is 207 g/mol. The average Bonchev–Trinajstić information content (AvgIpc) is 3.05. The summed E-state index contributed by atoms with van der Waals surface area (Å²) < 4.78 is 13.6. The van der Waals surface area contributed by atoms with E-state index in [0.717, 1.165) is 18.5 Å². The molecule has 0 bridgehead atoms. The highest BCUT2D eigenvalue weighted by molar-refractivity contribution is 5.23. The molecule has 0 radical (unpaired) electrons. The van der Waals surface area contributed by atoms with Gasteiger partial charge < -0.3 is 5.32 Å². The zero-order valence-electron chi connectivity index (χ0n) is 9.17. The number of nitrogens with one attached hydrogen (secondary N) is 1. The van der Waals surface area contributed by atoms with Crippen molar-refractivity contribution in [1.29, 1.82) is 0 Å². The lowest BCUT2D eigenvalue weighted by atomic mass is 10.0. The van der Waals surface area contributed by atoms with E-state index in [4.69, 9.17) is 0 Å². The van der Waals surface area contributed by atoms with Crippen LogP contribution in [0.25, 0.3) is 0 Å². The van der Waals surface area contributed by atoms with Crippen molar-refractivity contribution in [2.45, 2.75) is 32.2 Å². The fourth-order valence-electron chi connectivity index (χ4n) is 1.99. The molecule has 2 heteroatoms. The van der Waals surface area contributed by atoms with E-state index in [1.807, 2.05) is 12.1 Å². The number of benzene rings is 1. The highest BCUT2D eigenvalue weighted by Crippen LogP contribution is 2.41. The van der Waals surface area contributed by atoms with Gasteiger partial charge in [-0.05, 0) is 37.8 Å². The Labute approximate surface area is 90.7 Å². The van der Waals surface area contributed by atoms with Gasteiger partial charge in [-0.3, -0.25) is 0 Å². The molecular formula is C13H18FN. The minimum absolute atomic E-state index is 0.0713. The Morgan fingerprint density at radius 2 is 2.13 bits per heavy atom. The molecule has 1 atom stereocenters. The van der Waals surface area contributed by atoms with Crippen LogP contribution < -0.4 is 5.32 Å². The quantitative estimate of drug-likeness (QED) is 0.781. The summed E-state index contributed by atoms with van der Waals surface area (Å²) in [6.45, 7) is 3.10. The largest absolute Gasteiger partial charge is 0.310 e. The molecular weight excluding hydrogens is 189 g/mol. The maximum absolute atomic E-state index is 13.6. The predicted octanol–water partition coefficient (Wildman–Crippen LogP) is 3.28. The minimum atomic E-state index is -0.0713. The van der Waals surface area contributed by atoms with Crippen LogP contribution in [0, 0.1) is 11.7 Å². The summed E-state index contributed by atoms with van der Waals surface area (Å²) in [6, 6.07) is 7.36. The summed E-state index contributed by atoms with van der Waals surface area (Å²) in [6.07, 6.45) is 3.56. The van der Waals surface area contributed by atoms with Gasteiger partial charge >= 0.3 is 0 Å². The maximum Gasteiger partial charge on any atom is 0.127 e. The second-order valence-electron chi connectivity index (χ2n) is 4.29. The Morgan fingerprint density at radius 3 is 2.73 bits per heavy atom. The maximum atomic E-state index is 13.6. The molecule has 1 fully saturated rings. The molecule has 2 rings (SSSR count). The first kappa shape index (κ1) is 10.6. The first-order chi connectivity index (χ1) is 7.33. The third-order valence-corrected chi connectivity index (χ3v) is 2.95. The van der Waals surface area contributed by atoms with E-state index in [9.17, 15) is 4.39 Å². The van der Waals surface area contributed by atoms with Crippen LogP contribution in [-0.4, -0.2) is 6.54 Å². The summed E-state index contributed by atoms with van der Waals surface area (Å²) in [4.78, 5) is 0. The lowest BCUT2D eigenvalue weighted by Crippen LogP contribution is -2.24. The molecule has 1 saturated carbocycles. The van der Waals surface area contributed by atoms with E-state index in [2.05, 4.69) is 12.2 Å². The zero-order chi connectivity index (χ0) is 10.7. The van der Waals surface area contributed by atoms with Crippen LogP contribution >= 0.6 is 0 Å². The Bertz CT molecular complexity index is 320. The fourth-order valence-corrected chi connectivity index (χ4v) is 1.99. The molecule has 82 valence electrons. The van der Waals surface area contributed by atoms with E-state index in [1.165, 1.54) is 12.8 Å². The Balaban J connectivity index is 2.13. The third kappa shape index (κ3) is 2.57. The van der Waals surface area contributed by atoms with Crippen molar-refractivity contribution >= 4 is 0 Å². The number of hydrogen-bond acceptors (Lipinski definition) is 1. The molecule has 1 aromatic carbocycles. The molecule has 15 heavy (non-hydrogen) atoms. The van der Waals surface area contributed by atoms with E-state index in [1.54, 1.807) is 12.1 Å². The van der Waals surface area contributed by atoms with Gasteiger partial charge in [0.2, 0.25) is 0 Å². The van der Waals surface area contributed by atoms with Crippen LogP contribution in [0.5, 0.6) is 0 Å². The van der Waals surface area contributed by atoms with E-state index < -0.39 is 0 Å². The van der Waals surface area contributed by atoms with Crippen molar-refractivity contribution in [3.63, 3.8) is 0 Å². The van der Waals surface area contributed by atoms with Crippen LogP contribution in [0.3, 0.4) is 0 Å². The zero-order valence-corrected chi connectivity index (χ0v) is 9.17. The molecule has 0 heterocycles. The van der Waals surface area contributed by atoms with Crippen LogP contribution in [0.4, 0.5) is 4.39 Å². The number of halogens is 1. The normalized spacial score (nSPS) is 17.7. The summed E-state index contributed by atoms with van der Waals surface area (Å²) in [5.74, 6) is 0.575. The van der Waals surface area contributed by atoms with Gasteiger partial charge in [0.1, 0.15) is 5.82 Å². The van der Waals surface area contributed by atoms with Gasteiger partial charge in [0.05, 0.1) is 0 Å². The summed E-state index contributed by atoms with van der Waals surface area (Å²) in [5.41, 5.74) is 0.841. The van der Waals surface area contributed by atoms with Crippen molar-refractivity contribution in [1.82, 2.24) is 5.32 Å². The van der Waals surface area contributed by atoms with Gasteiger partial charge in [-0.1, -0.05) is 25.1 Å². The first-order valence-corrected chi connectivity index (χ1v) is 5.80. The minimum Gasteiger partial charge on any atom is -0.310 e. The molecule has 1 aliphatic carbocycles. The van der Waals surface area contributed by atoms with Crippen LogP contribution in [-0.2, 0) is 0 Å². The summed E-state index contributed by atoms with van der Waals surface area (Å²) in [7, 11) is 0.